The lowest BCUT2D eigenvalue weighted by Gasteiger charge is -2.26. The number of rotatable bonds is 4. The van der Waals surface area contributed by atoms with Crippen LogP contribution in [0.25, 0.3) is 0 Å². The Morgan fingerprint density at radius 1 is 1.24 bits per heavy atom. The van der Waals surface area contributed by atoms with Crippen molar-refractivity contribution in [1.29, 1.82) is 0 Å². The summed E-state index contributed by atoms with van der Waals surface area (Å²) < 4.78 is 19.3. The van der Waals surface area contributed by atoms with E-state index in [-0.39, 0.29) is 5.82 Å². The summed E-state index contributed by atoms with van der Waals surface area (Å²) in [6.45, 7) is 4.79. The third-order valence-corrected chi connectivity index (χ3v) is 3.42. The van der Waals surface area contributed by atoms with Gasteiger partial charge in [-0.15, -0.1) is 0 Å². The maximum atomic E-state index is 13.2. The van der Waals surface area contributed by atoms with Crippen molar-refractivity contribution in [2.24, 2.45) is 0 Å². The summed E-state index contributed by atoms with van der Waals surface area (Å²) in [6.07, 6.45) is 1.99. The third kappa shape index (κ3) is 4.37. The normalized spacial score (nSPS) is 17.3. The molecule has 1 aliphatic heterocycles. The van der Waals surface area contributed by atoms with Crippen LogP contribution in [0.2, 0.25) is 0 Å². The minimum absolute atomic E-state index is 0.166. The van der Waals surface area contributed by atoms with Gasteiger partial charge in [0.15, 0.2) is 0 Å². The van der Waals surface area contributed by atoms with E-state index in [4.69, 9.17) is 4.74 Å². The zero-order valence-electron chi connectivity index (χ0n) is 9.79. The van der Waals surface area contributed by atoms with Crippen molar-refractivity contribution >= 4 is 15.9 Å². The van der Waals surface area contributed by atoms with Gasteiger partial charge in [-0.05, 0) is 43.1 Å². The monoisotopic (exact) mass is 301 g/mol. The smallest absolute Gasteiger partial charge is 0.124 e. The molecule has 0 radical (unpaired) electrons. The fraction of sp³-hybridized carbons (Fsp3) is 0.538. The van der Waals surface area contributed by atoms with Crippen molar-refractivity contribution in [2.75, 3.05) is 32.8 Å². The summed E-state index contributed by atoms with van der Waals surface area (Å²) >= 11 is 3.31. The molecule has 1 saturated heterocycles. The highest BCUT2D eigenvalue weighted by molar-refractivity contribution is 9.10. The molecule has 1 aliphatic rings. The number of halogens is 2. The third-order valence-electron chi connectivity index (χ3n) is 2.97. The van der Waals surface area contributed by atoms with E-state index in [0.717, 1.165) is 55.7 Å². The molecular weight excluding hydrogens is 285 g/mol. The van der Waals surface area contributed by atoms with Crippen molar-refractivity contribution < 1.29 is 9.13 Å². The minimum Gasteiger partial charge on any atom is -0.379 e. The molecule has 0 saturated carbocycles. The molecule has 2 nitrogen and oxygen atoms in total. The molecule has 1 fully saturated rings. The van der Waals surface area contributed by atoms with E-state index in [1.54, 1.807) is 6.07 Å². The molecule has 0 aliphatic carbocycles. The molecule has 4 heteroatoms. The predicted octanol–water partition coefficient (Wildman–Crippen LogP) is 2.85. The summed E-state index contributed by atoms with van der Waals surface area (Å²) in [6, 6.07) is 5.10. The predicted molar refractivity (Wildman–Crippen MR) is 69.7 cm³/mol. The van der Waals surface area contributed by atoms with Crippen LogP contribution in [0.3, 0.4) is 0 Å². The Kier molecular flexibility index (Phi) is 4.95. The van der Waals surface area contributed by atoms with E-state index >= 15 is 0 Å². The molecule has 2 rings (SSSR count). The van der Waals surface area contributed by atoms with Crippen molar-refractivity contribution in [3.05, 3.63) is 34.1 Å². The van der Waals surface area contributed by atoms with E-state index in [0.29, 0.717) is 0 Å². The Balaban J connectivity index is 1.77. The average molecular weight is 302 g/mol. The van der Waals surface area contributed by atoms with Gasteiger partial charge in [0.1, 0.15) is 5.82 Å². The summed E-state index contributed by atoms with van der Waals surface area (Å²) in [5, 5.41) is 0. The molecule has 0 aromatic heterocycles. The van der Waals surface area contributed by atoms with Crippen LogP contribution in [0.15, 0.2) is 22.7 Å². The molecule has 0 unspecified atom stereocenters. The van der Waals surface area contributed by atoms with Crippen LogP contribution in [-0.2, 0) is 11.2 Å². The number of hydrogen-bond acceptors (Lipinski definition) is 2. The van der Waals surface area contributed by atoms with Crippen LogP contribution in [0.1, 0.15) is 12.0 Å². The van der Waals surface area contributed by atoms with Gasteiger partial charge >= 0.3 is 0 Å². The Labute approximate surface area is 110 Å². The summed E-state index contributed by atoms with van der Waals surface area (Å²) in [5.74, 6) is -0.166. The first-order valence-corrected chi connectivity index (χ1v) is 6.78. The maximum absolute atomic E-state index is 13.2. The molecule has 1 heterocycles. The Morgan fingerprint density at radius 2 is 2.00 bits per heavy atom. The van der Waals surface area contributed by atoms with Crippen molar-refractivity contribution in [3.8, 4) is 0 Å². The number of ether oxygens (including phenoxy) is 1. The van der Waals surface area contributed by atoms with Gasteiger partial charge in [0, 0.05) is 17.6 Å². The molecule has 94 valence electrons. The first kappa shape index (κ1) is 13.0. The molecule has 1 aromatic carbocycles. The van der Waals surface area contributed by atoms with E-state index in [1.165, 1.54) is 6.07 Å². The van der Waals surface area contributed by atoms with Crippen LogP contribution in [0, 0.1) is 5.82 Å². The number of hydrogen-bond donors (Lipinski definition) is 0. The first-order valence-electron chi connectivity index (χ1n) is 5.99. The van der Waals surface area contributed by atoms with Gasteiger partial charge in [-0.2, -0.15) is 0 Å². The van der Waals surface area contributed by atoms with Gasteiger partial charge in [-0.1, -0.05) is 15.9 Å². The molecule has 0 spiro atoms. The van der Waals surface area contributed by atoms with Gasteiger partial charge in [0.25, 0.3) is 0 Å². The molecule has 17 heavy (non-hydrogen) atoms. The number of benzene rings is 1. The zero-order chi connectivity index (χ0) is 12.1. The van der Waals surface area contributed by atoms with E-state index in [1.807, 2.05) is 6.07 Å². The van der Waals surface area contributed by atoms with Gasteiger partial charge in [0.05, 0.1) is 13.2 Å². The number of morpholine rings is 1. The van der Waals surface area contributed by atoms with Gasteiger partial charge < -0.3 is 4.74 Å². The molecular formula is C13H17BrFNO. The molecule has 1 aromatic rings. The van der Waals surface area contributed by atoms with Gasteiger partial charge in [0.2, 0.25) is 0 Å². The van der Waals surface area contributed by atoms with Crippen molar-refractivity contribution in [3.63, 3.8) is 0 Å². The quantitative estimate of drug-likeness (QED) is 0.848. The maximum Gasteiger partial charge on any atom is 0.124 e. The standard InChI is InChI=1S/C13H17BrFNO/c14-12-8-11(9-13(15)10-12)2-1-3-16-4-6-17-7-5-16/h8-10H,1-7H2. The van der Waals surface area contributed by atoms with Crippen LogP contribution in [0.5, 0.6) is 0 Å². The highest BCUT2D eigenvalue weighted by Crippen LogP contribution is 2.16. The highest BCUT2D eigenvalue weighted by atomic mass is 79.9. The highest BCUT2D eigenvalue weighted by Gasteiger charge is 2.09. The second-order valence-corrected chi connectivity index (χ2v) is 5.25. The van der Waals surface area contributed by atoms with Crippen LogP contribution >= 0.6 is 15.9 Å². The molecule has 0 bridgehead atoms. The number of aryl methyl sites for hydroxylation is 1. The van der Waals surface area contributed by atoms with Crippen LogP contribution in [0.4, 0.5) is 4.39 Å². The zero-order valence-corrected chi connectivity index (χ0v) is 11.4. The summed E-state index contributed by atoms with van der Waals surface area (Å²) in [5.41, 5.74) is 1.06. The Morgan fingerprint density at radius 3 is 2.71 bits per heavy atom. The lowest BCUT2D eigenvalue weighted by Crippen LogP contribution is -2.36. The minimum atomic E-state index is -0.166. The SMILES string of the molecule is Fc1cc(Br)cc(CCCN2CCOCC2)c1. The van der Waals surface area contributed by atoms with Crippen LogP contribution in [-0.4, -0.2) is 37.7 Å². The first-order chi connectivity index (χ1) is 8.24. The fourth-order valence-corrected chi connectivity index (χ4v) is 2.60. The molecule has 0 N–H and O–H groups in total. The topological polar surface area (TPSA) is 12.5 Å². The fourth-order valence-electron chi connectivity index (χ4n) is 2.09. The lowest BCUT2D eigenvalue weighted by molar-refractivity contribution is 0.0374. The summed E-state index contributed by atoms with van der Waals surface area (Å²) in [7, 11) is 0. The Hall–Kier alpha value is -0.450. The average Bonchev–Trinajstić information content (AvgIpc) is 2.29. The largest absolute Gasteiger partial charge is 0.379 e. The van der Waals surface area contributed by atoms with E-state index < -0.39 is 0 Å². The lowest BCUT2D eigenvalue weighted by atomic mass is 10.1. The second kappa shape index (κ2) is 6.47. The molecule has 0 amide bonds. The second-order valence-electron chi connectivity index (χ2n) is 4.34. The van der Waals surface area contributed by atoms with Crippen LogP contribution < -0.4 is 0 Å². The summed E-state index contributed by atoms with van der Waals surface area (Å²) in [4.78, 5) is 2.40. The van der Waals surface area contributed by atoms with Crippen molar-refractivity contribution in [1.82, 2.24) is 4.90 Å². The van der Waals surface area contributed by atoms with Gasteiger partial charge in [-0.3, -0.25) is 4.90 Å². The Bertz CT molecular complexity index is 346. The van der Waals surface area contributed by atoms with E-state index in [9.17, 15) is 4.39 Å². The van der Waals surface area contributed by atoms with E-state index in [2.05, 4.69) is 20.8 Å². The van der Waals surface area contributed by atoms with Gasteiger partial charge in [-0.25, -0.2) is 4.39 Å². The molecule has 0 atom stereocenters. The van der Waals surface area contributed by atoms with Crippen molar-refractivity contribution in [2.45, 2.75) is 12.8 Å². The number of nitrogens with zero attached hydrogens (tertiary/aromatic N) is 1.